The van der Waals surface area contributed by atoms with Gasteiger partial charge in [0.05, 0.1) is 13.2 Å². The van der Waals surface area contributed by atoms with Crippen molar-refractivity contribution in [3.8, 4) is 6.08 Å². The second-order valence-corrected chi connectivity index (χ2v) is 6.11. The Morgan fingerprint density at radius 1 is 1.40 bits per heavy atom. The molecule has 0 radical (unpaired) electrons. The first kappa shape index (κ1) is 17.3. The molecule has 8 heteroatoms. The lowest BCUT2D eigenvalue weighted by Crippen LogP contribution is -2.44. The van der Waals surface area contributed by atoms with Crippen LogP contribution in [0.2, 0.25) is 0 Å². The summed E-state index contributed by atoms with van der Waals surface area (Å²) in [7, 11) is 0. The number of benzene rings is 1. The lowest BCUT2D eigenvalue weighted by atomic mass is 10.1. The zero-order valence-corrected chi connectivity index (χ0v) is 14.1. The van der Waals surface area contributed by atoms with Gasteiger partial charge in [0.25, 0.3) is 5.91 Å². The molecule has 1 unspecified atom stereocenters. The maximum atomic E-state index is 13.0. The second kappa shape index (κ2) is 7.60. The highest BCUT2D eigenvalue weighted by molar-refractivity contribution is 5.77. The third kappa shape index (κ3) is 4.33. The van der Waals surface area contributed by atoms with Crippen LogP contribution in [-0.4, -0.2) is 47.3 Å². The first-order valence-electron chi connectivity index (χ1n) is 8.14. The van der Waals surface area contributed by atoms with E-state index in [4.69, 9.17) is 14.0 Å². The van der Waals surface area contributed by atoms with Crippen molar-refractivity contribution < 1.29 is 23.2 Å². The van der Waals surface area contributed by atoms with Crippen LogP contribution in [0.4, 0.5) is 4.39 Å². The Labute approximate surface area is 144 Å². The summed E-state index contributed by atoms with van der Waals surface area (Å²) in [6.45, 7) is 4.95. The maximum Gasteiger partial charge on any atom is 0.417 e. The van der Waals surface area contributed by atoms with Gasteiger partial charge in [0.2, 0.25) is 0 Å². The standard InChI is InChI=1S/C17H20FN3O4/c1-11(2)16-19-17(25-20-16)24-10-15(22)21-7-8-23-14(9-21)12-3-5-13(18)6-4-12/h3-6,11,14H,7-10H2,1-2H3. The van der Waals surface area contributed by atoms with E-state index in [0.717, 1.165) is 5.56 Å². The number of amides is 1. The molecule has 2 heterocycles. The van der Waals surface area contributed by atoms with Crippen LogP contribution in [0.3, 0.4) is 0 Å². The predicted molar refractivity (Wildman–Crippen MR) is 85.6 cm³/mol. The van der Waals surface area contributed by atoms with E-state index in [9.17, 15) is 9.18 Å². The molecule has 3 rings (SSSR count). The molecular formula is C17H20FN3O4. The fourth-order valence-electron chi connectivity index (χ4n) is 2.48. The third-order valence-electron chi connectivity index (χ3n) is 3.92. The van der Waals surface area contributed by atoms with Gasteiger partial charge in [0.15, 0.2) is 12.4 Å². The highest BCUT2D eigenvalue weighted by atomic mass is 19.1. The zero-order valence-electron chi connectivity index (χ0n) is 14.1. The summed E-state index contributed by atoms with van der Waals surface area (Å²) in [5, 5.41) is 3.78. The number of carbonyl (C=O) groups is 1. The van der Waals surface area contributed by atoms with E-state index in [2.05, 4.69) is 10.1 Å². The van der Waals surface area contributed by atoms with Crippen molar-refractivity contribution in [2.45, 2.75) is 25.9 Å². The normalized spacial score (nSPS) is 17.8. The Bertz CT molecular complexity index is 717. The van der Waals surface area contributed by atoms with Gasteiger partial charge in [-0.15, -0.1) is 0 Å². The van der Waals surface area contributed by atoms with Crippen molar-refractivity contribution in [3.05, 3.63) is 41.5 Å². The second-order valence-electron chi connectivity index (χ2n) is 6.11. The van der Waals surface area contributed by atoms with Gasteiger partial charge in [-0.1, -0.05) is 31.1 Å². The van der Waals surface area contributed by atoms with E-state index in [1.165, 1.54) is 12.1 Å². The number of hydrogen-bond donors (Lipinski definition) is 0. The van der Waals surface area contributed by atoms with Crippen molar-refractivity contribution in [1.82, 2.24) is 15.0 Å². The lowest BCUT2D eigenvalue weighted by Gasteiger charge is -2.33. The molecule has 0 bridgehead atoms. The first-order chi connectivity index (χ1) is 12.0. The Hall–Kier alpha value is -2.48. The summed E-state index contributed by atoms with van der Waals surface area (Å²) in [5.41, 5.74) is 0.832. The van der Waals surface area contributed by atoms with E-state index < -0.39 is 0 Å². The Balaban J connectivity index is 1.55. The fourth-order valence-corrected chi connectivity index (χ4v) is 2.48. The van der Waals surface area contributed by atoms with E-state index in [1.54, 1.807) is 17.0 Å². The monoisotopic (exact) mass is 349 g/mol. The third-order valence-corrected chi connectivity index (χ3v) is 3.92. The first-order valence-corrected chi connectivity index (χ1v) is 8.14. The van der Waals surface area contributed by atoms with E-state index in [0.29, 0.717) is 25.5 Å². The highest BCUT2D eigenvalue weighted by Crippen LogP contribution is 2.22. The topological polar surface area (TPSA) is 77.7 Å². The number of morpholine rings is 1. The van der Waals surface area contributed by atoms with E-state index in [1.807, 2.05) is 13.8 Å². The largest absolute Gasteiger partial charge is 0.439 e. The van der Waals surface area contributed by atoms with Crippen molar-refractivity contribution in [2.75, 3.05) is 26.3 Å². The molecule has 0 spiro atoms. The SMILES string of the molecule is CC(C)c1noc(OCC(=O)N2CCOC(c3ccc(F)cc3)C2)n1. The average Bonchev–Trinajstić information content (AvgIpc) is 3.10. The summed E-state index contributed by atoms with van der Waals surface area (Å²) >= 11 is 0. The number of nitrogens with zero attached hydrogens (tertiary/aromatic N) is 3. The van der Waals surface area contributed by atoms with Crippen LogP contribution in [0.5, 0.6) is 6.08 Å². The van der Waals surface area contributed by atoms with Crippen molar-refractivity contribution >= 4 is 5.91 Å². The van der Waals surface area contributed by atoms with Crippen molar-refractivity contribution in [3.63, 3.8) is 0 Å². The Morgan fingerprint density at radius 3 is 2.84 bits per heavy atom. The van der Waals surface area contributed by atoms with Crippen LogP contribution in [0.25, 0.3) is 0 Å². The molecule has 0 N–H and O–H groups in total. The molecule has 1 atom stereocenters. The summed E-state index contributed by atoms with van der Waals surface area (Å²) in [6, 6.07) is 6.08. The van der Waals surface area contributed by atoms with Gasteiger partial charge in [-0.25, -0.2) is 4.39 Å². The van der Waals surface area contributed by atoms with Gasteiger partial charge in [-0.05, 0) is 17.7 Å². The van der Waals surface area contributed by atoms with Crippen molar-refractivity contribution in [2.24, 2.45) is 0 Å². The summed E-state index contributed by atoms with van der Waals surface area (Å²) in [5.74, 6) is 0.152. The van der Waals surface area contributed by atoms with Gasteiger partial charge < -0.3 is 14.4 Å². The number of carbonyl (C=O) groups excluding carboxylic acids is 1. The molecule has 1 aromatic carbocycles. The van der Waals surface area contributed by atoms with Crippen LogP contribution < -0.4 is 4.74 Å². The average molecular weight is 349 g/mol. The smallest absolute Gasteiger partial charge is 0.417 e. The van der Waals surface area contributed by atoms with Gasteiger partial charge in [0.1, 0.15) is 11.9 Å². The molecule has 2 aromatic rings. The molecule has 1 aromatic heterocycles. The molecule has 0 aliphatic carbocycles. The number of aromatic nitrogens is 2. The molecule has 7 nitrogen and oxygen atoms in total. The lowest BCUT2D eigenvalue weighted by molar-refractivity contribution is -0.141. The van der Waals surface area contributed by atoms with Crippen LogP contribution in [0.15, 0.2) is 28.8 Å². The van der Waals surface area contributed by atoms with Crippen LogP contribution >= 0.6 is 0 Å². The van der Waals surface area contributed by atoms with Crippen LogP contribution in [0, 0.1) is 5.82 Å². The molecule has 1 amide bonds. The summed E-state index contributed by atoms with van der Waals surface area (Å²) < 4.78 is 28.9. The molecule has 134 valence electrons. The molecule has 25 heavy (non-hydrogen) atoms. The van der Waals surface area contributed by atoms with E-state index >= 15 is 0 Å². The van der Waals surface area contributed by atoms with Gasteiger partial charge in [-0.3, -0.25) is 9.32 Å². The van der Waals surface area contributed by atoms with Gasteiger partial charge >= 0.3 is 6.08 Å². The minimum atomic E-state index is -0.304. The Kier molecular flexibility index (Phi) is 5.28. The highest BCUT2D eigenvalue weighted by Gasteiger charge is 2.26. The zero-order chi connectivity index (χ0) is 17.8. The number of halogens is 1. The number of ether oxygens (including phenoxy) is 2. The quantitative estimate of drug-likeness (QED) is 0.824. The molecule has 1 fully saturated rings. The number of hydrogen-bond acceptors (Lipinski definition) is 6. The van der Waals surface area contributed by atoms with E-state index in [-0.39, 0.29) is 36.4 Å². The fraction of sp³-hybridized carbons (Fsp3) is 0.471. The van der Waals surface area contributed by atoms with Gasteiger partial charge in [0, 0.05) is 12.5 Å². The number of rotatable bonds is 5. The van der Waals surface area contributed by atoms with Gasteiger partial charge in [-0.2, -0.15) is 4.98 Å². The van der Waals surface area contributed by atoms with Crippen LogP contribution in [-0.2, 0) is 9.53 Å². The van der Waals surface area contributed by atoms with Crippen molar-refractivity contribution in [1.29, 1.82) is 0 Å². The molecular weight excluding hydrogens is 329 g/mol. The minimum absolute atomic E-state index is 0.0135. The Morgan fingerprint density at radius 2 is 2.16 bits per heavy atom. The molecule has 1 aliphatic rings. The summed E-state index contributed by atoms with van der Waals surface area (Å²) in [4.78, 5) is 18.1. The van der Waals surface area contributed by atoms with Crippen LogP contribution in [0.1, 0.15) is 37.3 Å². The predicted octanol–water partition coefficient (Wildman–Crippen LogP) is 2.31. The minimum Gasteiger partial charge on any atom is -0.439 e. The maximum absolute atomic E-state index is 13.0. The summed E-state index contributed by atoms with van der Waals surface area (Å²) in [6.07, 6.45) is -0.297. The molecule has 1 saturated heterocycles. The molecule has 0 saturated carbocycles. The molecule has 1 aliphatic heterocycles.